The van der Waals surface area contributed by atoms with Gasteiger partial charge in [-0.3, -0.25) is 9.59 Å². The summed E-state index contributed by atoms with van der Waals surface area (Å²) in [6.07, 6.45) is 7.97. The summed E-state index contributed by atoms with van der Waals surface area (Å²) in [4.78, 5) is 23.5. The second kappa shape index (κ2) is 13.0. The molecule has 0 amide bonds. The van der Waals surface area contributed by atoms with Crippen molar-refractivity contribution in [1.82, 2.24) is 0 Å². The van der Waals surface area contributed by atoms with Gasteiger partial charge < -0.3 is 10.5 Å². The van der Waals surface area contributed by atoms with Gasteiger partial charge in [0.25, 0.3) is 0 Å². The van der Waals surface area contributed by atoms with Gasteiger partial charge in [-0.2, -0.15) is 0 Å². The normalized spacial score (nSPS) is 11.9. The molecule has 1 aromatic rings. The van der Waals surface area contributed by atoms with Crippen molar-refractivity contribution in [2.75, 3.05) is 6.54 Å². The Morgan fingerprint density at radius 2 is 1.54 bits per heavy atom. The zero-order valence-electron chi connectivity index (χ0n) is 14.2. The van der Waals surface area contributed by atoms with Crippen LogP contribution in [0.4, 0.5) is 0 Å². The molecule has 24 heavy (non-hydrogen) atoms. The minimum absolute atomic E-state index is 0.168. The summed E-state index contributed by atoms with van der Waals surface area (Å²) >= 11 is 5.57. The first-order chi connectivity index (χ1) is 11.6. The molecule has 0 bridgehead atoms. The number of hydrogen-bond acceptors (Lipinski definition) is 4. The van der Waals surface area contributed by atoms with Crippen molar-refractivity contribution in [2.24, 2.45) is 11.7 Å². The first-order valence-corrected chi connectivity index (χ1v) is 9.13. The van der Waals surface area contributed by atoms with E-state index in [9.17, 15) is 9.59 Å². The lowest BCUT2D eigenvalue weighted by molar-refractivity contribution is -0.152. The summed E-state index contributed by atoms with van der Waals surface area (Å²) in [6, 6.07) is 9.39. The Labute approximate surface area is 149 Å². The van der Waals surface area contributed by atoms with Crippen LogP contribution in [-0.4, -0.2) is 17.8 Å². The van der Waals surface area contributed by atoms with Gasteiger partial charge in [-0.25, -0.2) is 0 Å². The molecule has 1 unspecified atom stereocenters. The number of ether oxygens (including phenoxy) is 1. The predicted octanol–water partition coefficient (Wildman–Crippen LogP) is 4.19. The van der Waals surface area contributed by atoms with E-state index in [1.54, 1.807) is 0 Å². The Morgan fingerprint density at radius 3 is 2.12 bits per heavy atom. The van der Waals surface area contributed by atoms with E-state index in [1.807, 2.05) is 30.3 Å². The minimum atomic E-state index is -0.854. The van der Waals surface area contributed by atoms with E-state index in [0.29, 0.717) is 6.42 Å². The number of rotatable bonds is 13. The average molecular weight is 354 g/mol. The third-order valence-electron chi connectivity index (χ3n) is 3.98. The van der Waals surface area contributed by atoms with Gasteiger partial charge in [-0.1, -0.05) is 68.9 Å². The van der Waals surface area contributed by atoms with E-state index in [0.717, 1.165) is 44.2 Å². The highest BCUT2D eigenvalue weighted by Gasteiger charge is 2.26. The van der Waals surface area contributed by atoms with Gasteiger partial charge in [0.1, 0.15) is 12.5 Å². The second-order valence-corrected chi connectivity index (χ2v) is 6.37. The zero-order chi connectivity index (χ0) is 17.6. The van der Waals surface area contributed by atoms with E-state index < -0.39 is 17.1 Å². The number of esters is 1. The monoisotopic (exact) mass is 353 g/mol. The molecule has 0 fully saturated rings. The Bertz CT molecular complexity index is 479. The van der Waals surface area contributed by atoms with Crippen molar-refractivity contribution in [3.8, 4) is 0 Å². The van der Waals surface area contributed by atoms with Crippen LogP contribution in [0.3, 0.4) is 0 Å². The summed E-state index contributed by atoms with van der Waals surface area (Å²) in [5.41, 5.74) is 6.35. The molecular weight excluding hydrogens is 326 g/mol. The lowest BCUT2D eigenvalue weighted by Crippen LogP contribution is -2.23. The van der Waals surface area contributed by atoms with Crippen LogP contribution >= 0.6 is 11.6 Å². The smallest absolute Gasteiger partial charge is 0.318 e. The Morgan fingerprint density at radius 1 is 0.958 bits per heavy atom. The number of benzene rings is 1. The number of hydrogen-bond donors (Lipinski definition) is 1. The molecule has 0 aromatic heterocycles. The molecule has 1 rings (SSSR count). The maximum atomic E-state index is 12.1. The van der Waals surface area contributed by atoms with E-state index in [2.05, 4.69) is 0 Å². The van der Waals surface area contributed by atoms with Gasteiger partial charge in [0, 0.05) is 0 Å². The van der Waals surface area contributed by atoms with Crippen LogP contribution in [0.15, 0.2) is 30.3 Å². The highest BCUT2D eigenvalue weighted by atomic mass is 35.5. The molecule has 0 saturated heterocycles. The summed E-state index contributed by atoms with van der Waals surface area (Å²) < 4.78 is 5.22. The summed E-state index contributed by atoms with van der Waals surface area (Å²) in [6.45, 7) is 0.923. The molecule has 0 aliphatic rings. The third-order valence-corrected chi connectivity index (χ3v) is 4.24. The maximum absolute atomic E-state index is 12.1. The molecular formula is C19H28ClNO3. The van der Waals surface area contributed by atoms with Crippen LogP contribution in [0, 0.1) is 5.92 Å². The second-order valence-electron chi connectivity index (χ2n) is 6.00. The van der Waals surface area contributed by atoms with Crippen molar-refractivity contribution in [1.29, 1.82) is 0 Å². The van der Waals surface area contributed by atoms with Gasteiger partial charge in [0.15, 0.2) is 0 Å². The van der Waals surface area contributed by atoms with Crippen LogP contribution in [0.5, 0.6) is 0 Å². The van der Waals surface area contributed by atoms with Crippen molar-refractivity contribution in [3.63, 3.8) is 0 Å². The fourth-order valence-corrected chi connectivity index (χ4v) is 2.73. The van der Waals surface area contributed by atoms with E-state index in [1.165, 1.54) is 12.8 Å². The average Bonchev–Trinajstić information content (AvgIpc) is 2.59. The van der Waals surface area contributed by atoms with E-state index >= 15 is 0 Å². The van der Waals surface area contributed by atoms with Gasteiger partial charge >= 0.3 is 5.97 Å². The zero-order valence-corrected chi connectivity index (χ0v) is 15.0. The molecule has 1 atom stereocenters. The molecule has 4 nitrogen and oxygen atoms in total. The van der Waals surface area contributed by atoms with E-state index in [-0.39, 0.29) is 6.61 Å². The molecule has 0 heterocycles. The number of halogens is 1. The molecule has 5 heteroatoms. The Kier molecular flexibility index (Phi) is 11.2. The molecule has 0 spiro atoms. The van der Waals surface area contributed by atoms with Crippen molar-refractivity contribution in [3.05, 3.63) is 35.9 Å². The van der Waals surface area contributed by atoms with Gasteiger partial charge in [0.2, 0.25) is 5.24 Å². The fraction of sp³-hybridized carbons (Fsp3) is 0.579. The highest BCUT2D eigenvalue weighted by molar-refractivity contribution is 6.65. The van der Waals surface area contributed by atoms with Crippen LogP contribution in [-0.2, 0) is 20.9 Å². The highest BCUT2D eigenvalue weighted by Crippen LogP contribution is 2.17. The predicted molar refractivity (Wildman–Crippen MR) is 96.6 cm³/mol. The van der Waals surface area contributed by atoms with Crippen LogP contribution < -0.4 is 5.73 Å². The molecule has 0 saturated carbocycles. The molecule has 0 aliphatic heterocycles. The fourth-order valence-electron chi connectivity index (χ4n) is 2.53. The number of unbranched alkanes of at least 4 members (excludes halogenated alkanes) is 6. The summed E-state index contributed by atoms with van der Waals surface area (Å²) in [5, 5.41) is -0.629. The van der Waals surface area contributed by atoms with Crippen molar-refractivity contribution in [2.45, 2.75) is 58.0 Å². The molecule has 134 valence electrons. The van der Waals surface area contributed by atoms with Gasteiger partial charge in [-0.15, -0.1) is 0 Å². The van der Waals surface area contributed by atoms with Crippen LogP contribution in [0.1, 0.15) is 56.9 Å². The molecule has 0 radical (unpaired) electrons. The summed E-state index contributed by atoms with van der Waals surface area (Å²) in [5.74, 6) is -1.38. The number of carbonyl (C=O) groups excluding carboxylic acids is 2. The van der Waals surface area contributed by atoms with E-state index in [4.69, 9.17) is 22.1 Å². The lowest BCUT2D eigenvalue weighted by atomic mass is 10.0. The van der Waals surface area contributed by atoms with Crippen molar-refractivity contribution < 1.29 is 14.3 Å². The van der Waals surface area contributed by atoms with Crippen LogP contribution in [0.2, 0.25) is 0 Å². The van der Waals surface area contributed by atoms with Crippen molar-refractivity contribution >= 4 is 22.8 Å². The Balaban J connectivity index is 2.23. The maximum Gasteiger partial charge on any atom is 0.318 e. The van der Waals surface area contributed by atoms with Crippen LogP contribution in [0.25, 0.3) is 0 Å². The topological polar surface area (TPSA) is 69.4 Å². The molecule has 1 aromatic carbocycles. The standard InChI is InChI=1S/C19H28ClNO3/c20-18(22)17(13-9-4-2-1-3-5-10-14-21)19(23)24-15-16-11-7-6-8-12-16/h6-8,11-12,17H,1-5,9-10,13-15,21H2. The van der Waals surface area contributed by atoms with Gasteiger partial charge in [-0.05, 0) is 36.6 Å². The number of carbonyl (C=O) groups is 2. The molecule has 0 aliphatic carbocycles. The quantitative estimate of drug-likeness (QED) is 0.250. The van der Waals surface area contributed by atoms with Gasteiger partial charge in [0.05, 0.1) is 0 Å². The summed E-state index contributed by atoms with van der Waals surface area (Å²) in [7, 11) is 0. The Hall–Kier alpha value is -1.39. The first kappa shape index (κ1) is 20.7. The molecule has 2 N–H and O–H groups in total. The SMILES string of the molecule is NCCCCCCCCCC(C(=O)Cl)C(=O)OCc1ccccc1. The minimum Gasteiger partial charge on any atom is -0.460 e. The largest absolute Gasteiger partial charge is 0.460 e. The number of nitrogens with two attached hydrogens (primary N) is 1. The lowest BCUT2D eigenvalue weighted by Gasteiger charge is -2.12. The third kappa shape index (κ3) is 9.04. The first-order valence-electron chi connectivity index (χ1n) is 8.75.